The largest absolute Gasteiger partial charge is 0.350 e. The van der Waals surface area contributed by atoms with Crippen LogP contribution in [-0.4, -0.2) is 29.3 Å². The summed E-state index contributed by atoms with van der Waals surface area (Å²) in [6, 6.07) is 4.12. The molecule has 16 heavy (non-hydrogen) atoms. The summed E-state index contributed by atoms with van der Waals surface area (Å²) in [5.41, 5.74) is 1.21. The van der Waals surface area contributed by atoms with Crippen LogP contribution in [0.2, 0.25) is 0 Å². The fraction of sp³-hybridized carbons (Fsp3) is 0.667. The Morgan fingerprint density at radius 1 is 1.38 bits per heavy atom. The van der Waals surface area contributed by atoms with Gasteiger partial charge in [-0.3, -0.25) is 0 Å². The van der Waals surface area contributed by atoms with E-state index in [-0.39, 0.29) is 5.54 Å². The lowest BCUT2D eigenvalue weighted by atomic mass is 10.0. The van der Waals surface area contributed by atoms with Crippen LogP contribution in [0.3, 0.4) is 0 Å². The molecular formula is C12H20N4. The van der Waals surface area contributed by atoms with Gasteiger partial charge in [-0.15, -0.1) is 5.10 Å². The molecule has 1 aliphatic rings. The van der Waals surface area contributed by atoms with Crippen LogP contribution in [0.1, 0.15) is 32.4 Å². The molecule has 2 heterocycles. The molecule has 0 aromatic carbocycles. The maximum absolute atomic E-state index is 4.31. The Hall–Kier alpha value is -1.16. The van der Waals surface area contributed by atoms with Crippen molar-refractivity contribution in [3.8, 4) is 0 Å². The van der Waals surface area contributed by atoms with E-state index in [2.05, 4.69) is 40.3 Å². The maximum Gasteiger partial charge on any atom is 0.151 e. The van der Waals surface area contributed by atoms with Gasteiger partial charge in [0.2, 0.25) is 0 Å². The summed E-state index contributed by atoms with van der Waals surface area (Å²) in [4.78, 5) is 2.35. The van der Waals surface area contributed by atoms with Gasteiger partial charge in [0.15, 0.2) is 5.82 Å². The van der Waals surface area contributed by atoms with Gasteiger partial charge in [-0.2, -0.15) is 5.10 Å². The summed E-state index contributed by atoms with van der Waals surface area (Å²) in [5.74, 6) is 1.00. The van der Waals surface area contributed by atoms with Gasteiger partial charge in [0.1, 0.15) is 0 Å². The Kier molecular flexibility index (Phi) is 3.10. The normalized spacial score (nSPS) is 19.1. The predicted octanol–water partition coefficient (Wildman–Crippen LogP) is 1.57. The summed E-state index contributed by atoms with van der Waals surface area (Å²) in [6.45, 7) is 6.40. The minimum Gasteiger partial charge on any atom is -0.350 e. The first-order valence-electron chi connectivity index (χ1n) is 5.88. The Balaban J connectivity index is 2.15. The highest BCUT2D eigenvalue weighted by Gasteiger charge is 2.32. The number of nitrogens with one attached hydrogen (secondary N) is 1. The fourth-order valence-corrected chi connectivity index (χ4v) is 2.30. The standard InChI is InChI=1S/C12H20N4/c1-12(2)7-4-8-16(12)11-6-5-10(9-13-3)14-15-11/h5-6,13H,4,7-9H2,1-3H3. The van der Waals surface area contributed by atoms with E-state index in [9.17, 15) is 0 Å². The first-order chi connectivity index (χ1) is 7.63. The van der Waals surface area contributed by atoms with Gasteiger partial charge in [0.25, 0.3) is 0 Å². The second kappa shape index (κ2) is 4.37. The third-order valence-corrected chi connectivity index (χ3v) is 3.24. The molecule has 0 spiro atoms. The molecule has 0 radical (unpaired) electrons. The van der Waals surface area contributed by atoms with Crippen LogP contribution in [0.4, 0.5) is 5.82 Å². The molecule has 1 aromatic heterocycles. The molecule has 0 atom stereocenters. The molecule has 1 aromatic rings. The van der Waals surface area contributed by atoms with Crippen LogP contribution in [0.25, 0.3) is 0 Å². The van der Waals surface area contributed by atoms with E-state index in [1.807, 2.05) is 13.1 Å². The highest BCUT2D eigenvalue weighted by atomic mass is 15.3. The molecular weight excluding hydrogens is 200 g/mol. The average Bonchev–Trinajstić information content (AvgIpc) is 2.60. The molecule has 1 fully saturated rings. The lowest BCUT2D eigenvalue weighted by Crippen LogP contribution is -2.38. The third kappa shape index (κ3) is 2.16. The van der Waals surface area contributed by atoms with Crippen molar-refractivity contribution in [2.24, 2.45) is 0 Å². The monoisotopic (exact) mass is 220 g/mol. The second-order valence-corrected chi connectivity index (χ2v) is 4.98. The number of hydrogen-bond acceptors (Lipinski definition) is 4. The molecule has 4 heteroatoms. The Labute approximate surface area is 97.1 Å². The van der Waals surface area contributed by atoms with Crippen molar-refractivity contribution >= 4 is 5.82 Å². The van der Waals surface area contributed by atoms with E-state index in [0.717, 1.165) is 24.6 Å². The van der Waals surface area contributed by atoms with Gasteiger partial charge in [0.05, 0.1) is 5.69 Å². The maximum atomic E-state index is 4.31. The summed E-state index contributed by atoms with van der Waals surface area (Å²) in [5, 5.41) is 11.6. The Morgan fingerprint density at radius 2 is 2.19 bits per heavy atom. The first kappa shape index (κ1) is 11.3. The molecule has 1 N–H and O–H groups in total. The zero-order valence-corrected chi connectivity index (χ0v) is 10.3. The van der Waals surface area contributed by atoms with Crippen molar-refractivity contribution in [2.45, 2.75) is 38.8 Å². The second-order valence-electron chi connectivity index (χ2n) is 4.98. The summed E-state index contributed by atoms with van der Waals surface area (Å²) >= 11 is 0. The molecule has 0 aliphatic carbocycles. The molecule has 0 saturated carbocycles. The quantitative estimate of drug-likeness (QED) is 0.839. The van der Waals surface area contributed by atoms with Gasteiger partial charge in [-0.1, -0.05) is 0 Å². The van der Waals surface area contributed by atoms with Crippen LogP contribution in [0.15, 0.2) is 12.1 Å². The molecule has 88 valence electrons. The lowest BCUT2D eigenvalue weighted by Gasteiger charge is -2.32. The van der Waals surface area contributed by atoms with Gasteiger partial charge < -0.3 is 10.2 Å². The zero-order valence-electron chi connectivity index (χ0n) is 10.3. The van der Waals surface area contributed by atoms with E-state index in [1.54, 1.807) is 0 Å². The van der Waals surface area contributed by atoms with Crippen LogP contribution in [0, 0.1) is 0 Å². The minimum atomic E-state index is 0.221. The van der Waals surface area contributed by atoms with E-state index in [1.165, 1.54) is 12.8 Å². The average molecular weight is 220 g/mol. The molecule has 4 nitrogen and oxygen atoms in total. The molecule has 1 aliphatic heterocycles. The van der Waals surface area contributed by atoms with Gasteiger partial charge in [0, 0.05) is 18.6 Å². The van der Waals surface area contributed by atoms with Crippen molar-refractivity contribution in [3.63, 3.8) is 0 Å². The zero-order chi connectivity index (χ0) is 11.6. The SMILES string of the molecule is CNCc1ccc(N2CCCC2(C)C)nn1. The fourth-order valence-electron chi connectivity index (χ4n) is 2.30. The number of nitrogens with zero attached hydrogens (tertiary/aromatic N) is 3. The molecule has 0 bridgehead atoms. The van der Waals surface area contributed by atoms with Crippen LogP contribution < -0.4 is 10.2 Å². The van der Waals surface area contributed by atoms with Crippen molar-refractivity contribution in [1.82, 2.24) is 15.5 Å². The number of rotatable bonds is 3. The van der Waals surface area contributed by atoms with Crippen LogP contribution in [-0.2, 0) is 6.54 Å². The molecule has 0 unspecified atom stereocenters. The highest BCUT2D eigenvalue weighted by Crippen LogP contribution is 2.31. The van der Waals surface area contributed by atoms with Crippen LogP contribution >= 0.6 is 0 Å². The van der Waals surface area contributed by atoms with Gasteiger partial charge in [-0.25, -0.2) is 0 Å². The Bertz CT molecular complexity index is 345. The van der Waals surface area contributed by atoms with E-state index in [0.29, 0.717) is 0 Å². The van der Waals surface area contributed by atoms with E-state index < -0.39 is 0 Å². The number of anilines is 1. The predicted molar refractivity (Wildman–Crippen MR) is 65.5 cm³/mol. The first-order valence-corrected chi connectivity index (χ1v) is 5.88. The smallest absolute Gasteiger partial charge is 0.151 e. The summed E-state index contributed by atoms with van der Waals surface area (Å²) in [7, 11) is 1.92. The van der Waals surface area contributed by atoms with Gasteiger partial charge in [-0.05, 0) is 45.9 Å². The minimum absolute atomic E-state index is 0.221. The lowest BCUT2D eigenvalue weighted by molar-refractivity contribution is 0.512. The molecule has 0 amide bonds. The molecule has 1 saturated heterocycles. The van der Waals surface area contributed by atoms with Gasteiger partial charge >= 0.3 is 0 Å². The topological polar surface area (TPSA) is 41.0 Å². The van der Waals surface area contributed by atoms with Crippen molar-refractivity contribution in [1.29, 1.82) is 0 Å². The Morgan fingerprint density at radius 3 is 2.69 bits per heavy atom. The van der Waals surface area contributed by atoms with Crippen molar-refractivity contribution in [3.05, 3.63) is 17.8 Å². The number of hydrogen-bond donors (Lipinski definition) is 1. The van der Waals surface area contributed by atoms with E-state index >= 15 is 0 Å². The highest BCUT2D eigenvalue weighted by molar-refractivity contribution is 5.42. The summed E-state index contributed by atoms with van der Waals surface area (Å²) < 4.78 is 0. The molecule has 2 rings (SSSR count). The summed E-state index contributed by atoms with van der Waals surface area (Å²) in [6.07, 6.45) is 2.47. The van der Waals surface area contributed by atoms with E-state index in [4.69, 9.17) is 0 Å². The third-order valence-electron chi connectivity index (χ3n) is 3.24. The van der Waals surface area contributed by atoms with Crippen LogP contribution in [0.5, 0.6) is 0 Å². The van der Waals surface area contributed by atoms with Crippen molar-refractivity contribution in [2.75, 3.05) is 18.5 Å². The number of aromatic nitrogens is 2. The van der Waals surface area contributed by atoms with Crippen molar-refractivity contribution < 1.29 is 0 Å².